The Morgan fingerprint density at radius 3 is 3.08 bits per heavy atom. The van der Waals surface area contributed by atoms with Crippen molar-refractivity contribution in [3.8, 4) is 0 Å². The molecule has 3 N–H and O–H groups in total. The third kappa shape index (κ3) is 2.97. The summed E-state index contributed by atoms with van der Waals surface area (Å²) in [5.41, 5.74) is 2.53. The Balaban J connectivity index is 1.35. The fraction of sp³-hybridized carbons (Fsp3) is 0.550. The summed E-state index contributed by atoms with van der Waals surface area (Å²) < 4.78 is 5.88. The molecule has 4 rings (SSSR count). The summed E-state index contributed by atoms with van der Waals surface area (Å²) >= 11 is 6.14. The van der Waals surface area contributed by atoms with Crippen molar-refractivity contribution in [1.29, 1.82) is 0 Å². The van der Waals surface area contributed by atoms with E-state index in [9.17, 15) is 0 Å². The van der Waals surface area contributed by atoms with Gasteiger partial charge in [0.2, 0.25) is 0 Å². The second-order valence-electron chi connectivity index (χ2n) is 7.94. The van der Waals surface area contributed by atoms with E-state index in [1.807, 2.05) is 25.2 Å². The van der Waals surface area contributed by atoms with Crippen molar-refractivity contribution < 1.29 is 4.74 Å². The number of aromatic amines is 1. The van der Waals surface area contributed by atoms with E-state index in [1.54, 1.807) is 0 Å². The van der Waals surface area contributed by atoms with Crippen LogP contribution in [0.4, 0.5) is 0 Å². The minimum Gasteiger partial charge on any atom is -0.377 e. The quantitative estimate of drug-likeness (QED) is 0.568. The third-order valence-corrected chi connectivity index (χ3v) is 6.27. The molecule has 1 aromatic heterocycles. The predicted octanol–water partition coefficient (Wildman–Crippen LogP) is 3.34. The van der Waals surface area contributed by atoms with Crippen molar-refractivity contribution in [3.63, 3.8) is 0 Å². The highest BCUT2D eigenvalue weighted by Crippen LogP contribution is 2.52. The number of hydrogen-bond acceptors (Lipinski definition) is 2. The van der Waals surface area contributed by atoms with E-state index < -0.39 is 0 Å². The van der Waals surface area contributed by atoms with E-state index in [2.05, 4.69) is 40.7 Å². The van der Waals surface area contributed by atoms with Gasteiger partial charge in [0.15, 0.2) is 5.96 Å². The van der Waals surface area contributed by atoms with Crippen LogP contribution >= 0.6 is 11.6 Å². The second-order valence-corrected chi connectivity index (χ2v) is 8.38. The molecule has 140 valence electrons. The van der Waals surface area contributed by atoms with Crippen molar-refractivity contribution in [2.75, 3.05) is 20.2 Å². The summed E-state index contributed by atoms with van der Waals surface area (Å²) in [6.45, 7) is 6.25. The Bertz CT molecular complexity index is 828. The lowest BCUT2D eigenvalue weighted by atomic mass is 9.57. The smallest absolute Gasteiger partial charge is 0.191 e. The van der Waals surface area contributed by atoms with Gasteiger partial charge in [-0.1, -0.05) is 25.4 Å². The van der Waals surface area contributed by atoms with Crippen LogP contribution in [0.15, 0.2) is 29.4 Å². The van der Waals surface area contributed by atoms with E-state index in [-0.39, 0.29) is 5.41 Å². The van der Waals surface area contributed by atoms with Crippen LogP contribution in [0.25, 0.3) is 10.9 Å². The monoisotopic (exact) mass is 374 g/mol. The van der Waals surface area contributed by atoms with Gasteiger partial charge >= 0.3 is 0 Å². The van der Waals surface area contributed by atoms with Crippen molar-refractivity contribution in [1.82, 2.24) is 15.6 Å². The molecule has 26 heavy (non-hydrogen) atoms. The zero-order valence-corrected chi connectivity index (χ0v) is 16.4. The second kappa shape index (κ2) is 6.78. The van der Waals surface area contributed by atoms with Gasteiger partial charge in [0.1, 0.15) is 0 Å². The fourth-order valence-corrected chi connectivity index (χ4v) is 4.80. The molecule has 3 unspecified atom stereocenters. The molecule has 0 bridgehead atoms. The number of hydrogen-bond donors (Lipinski definition) is 3. The Morgan fingerprint density at radius 2 is 2.27 bits per heavy atom. The molecular weight excluding hydrogens is 348 g/mol. The first-order valence-corrected chi connectivity index (χ1v) is 9.73. The van der Waals surface area contributed by atoms with Crippen LogP contribution in [-0.2, 0) is 11.2 Å². The summed E-state index contributed by atoms with van der Waals surface area (Å²) in [6.07, 6.45) is 4.49. The van der Waals surface area contributed by atoms with Crippen molar-refractivity contribution in [2.45, 2.75) is 38.8 Å². The Hall–Kier alpha value is -1.72. The number of ether oxygens (including phenoxy) is 1. The summed E-state index contributed by atoms with van der Waals surface area (Å²) in [7, 11) is 1.83. The van der Waals surface area contributed by atoms with Gasteiger partial charge in [-0.15, -0.1) is 0 Å². The zero-order valence-electron chi connectivity index (χ0n) is 15.6. The van der Waals surface area contributed by atoms with Gasteiger partial charge < -0.3 is 20.4 Å². The van der Waals surface area contributed by atoms with E-state index in [1.165, 1.54) is 10.9 Å². The van der Waals surface area contributed by atoms with Crippen LogP contribution < -0.4 is 10.6 Å². The normalized spacial score (nSPS) is 27.2. The molecule has 1 saturated carbocycles. The average Bonchev–Trinajstić information content (AvgIpc) is 3.23. The molecule has 5 nitrogen and oxygen atoms in total. The first-order valence-electron chi connectivity index (χ1n) is 9.35. The summed E-state index contributed by atoms with van der Waals surface area (Å²) in [6, 6.07) is 6.36. The van der Waals surface area contributed by atoms with Crippen LogP contribution in [0.5, 0.6) is 0 Å². The molecule has 0 spiro atoms. The SMILES string of the molecule is CN=C(NCCc1c[nH]c2ccc(Cl)cc12)NC1C2CCOC2C1(C)C. The molecule has 2 heterocycles. The Labute approximate surface area is 159 Å². The molecule has 2 fully saturated rings. The maximum atomic E-state index is 6.14. The molecule has 0 amide bonds. The number of H-pyrrole nitrogens is 1. The molecule has 1 saturated heterocycles. The highest BCUT2D eigenvalue weighted by molar-refractivity contribution is 6.31. The molecule has 3 atom stereocenters. The number of nitrogens with zero attached hydrogens (tertiary/aromatic N) is 1. The lowest BCUT2D eigenvalue weighted by Gasteiger charge is -2.54. The van der Waals surface area contributed by atoms with Gasteiger partial charge in [-0.3, -0.25) is 4.99 Å². The minimum atomic E-state index is 0.145. The van der Waals surface area contributed by atoms with Gasteiger partial charge in [-0.25, -0.2) is 0 Å². The maximum absolute atomic E-state index is 6.14. The lowest BCUT2D eigenvalue weighted by molar-refractivity contribution is -0.106. The third-order valence-electron chi connectivity index (χ3n) is 6.03. The topological polar surface area (TPSA) is 61.4 Å². The number of aliphatic imine (C=N–C) groups is 1. The number of halogens is 1. The molecule has 2 aliphatic rings. The number of nitrogens with one attached hydrogen (secondary N) is 3. The van der Waals surface area contributed by atoms with Crippen LogP contribution in [0, 0.1) is 11.3 Å². The van der Waals surface area contributed by atoms with E-state index in [0.717, 1.165) is 42.5 Å². The van der Waals surface area contributed by atoms with Crippen molar-refractivity contribution in [3.05, 3.63) is 35.0 Å². The first-order chi connectivity index (χ1) is 12.5. The Morgan fingerprint density at radius 1 is 1.42 bits per heavy atom. The van der Waals surface area contributed by atoms with E-state index in [4.69, 9.17) is 16.3 Å². The number of fused-ring (bicyclic) bond motifs is 2. The number of guanidine groups is 1. The van der Waals surface area contributed by atoms with E-state index in [0.29, 0.717) is 18.1 Å². The molecule has 2 aromatic rings. The molecule has 6 heteroatoms. The number of aromatic nitrogens is 1. The van der Waals surface area contributed by atoms with Gasteiger partial charge in [0.05, 0.1) is 6.10 Å². The van der Waals surface area contributed by atoms with Gasteiger partial charge in [-0.05, 0) is 36.6 Å². The van der Waals surface area contributed by atoms with Crippen molar-refractivity contribution >= 4 is 28.5 Å². The number of benzene rings is 1. The highest BCUT2D eigenvalue weighted by Gasteiger charge is 2.59. The zero-order chi connectivity index (χ0) is 18.3. The summed E-state index contributed by atoms with van der Waals surface area (Å²) in [5, 5.41) is 9.03. The summed E-state index contributed by atoms with van der Waals surface area (Å²) in [5.74, 6) is 1.46. The van der Waals surface area contributed by atoms with E-state index >= 15 is 0 Å². The van der Waals surface area contributed by atoms with Gasteiger partial charge in [0, 0.05) is 59.7 Å². The van der Waals surface area contributed by atoms with Crippen molar-refractivity contribution in [2.24, 2.45) is 16.3 Å². The molecule has 1 aliphatic heterocycles. The highest BCUT2D eigenvalue weighted by atomic mass is 35.5. The van der Waals surface area contributed by atoms with Crippen LogP contribution in [0.2, 0.25) is 5.02 Å². The lowest BCUT2D eigenvalue weighted by Crippen LogP contribution is -2.68. The van der Waals surface area contributed by atoms with Gasteiger partial charge in [-0.2, -0.15) is 0 Å². The average molecular weight is 375 g/mol. The van der Waals surface area contributed by atoms with Crippen LogP contribution in [0.1, 0.15) is 25.8 Å². The summed E-state index contributed by atoms with van der Waals surface area (Å²) in [4.78, 5) is 7.72. The molecule has 1 aliphatic carbocycles. The first kappa shape index (κ1) is 17.7. The van der Waals surface area contributed by atoms with Crippen LogP contribution in [-0.4, -0.2) is 43.3 Å². The molecule has 1 aromatic carbocycles. The van der Waals surface area contributed by atoms with Gasteiger partial charge in [0.25, 0.3) is 0 Å². The Kier molecular flexibility index (Phi) is 4.61. The minimum absolute atomic E-state index is 0.145. The van der Waals surface area contributed by atoms with Crippen LogP contribution in [0.3, 0.4) is 0 Å². The standard InChI is InChI=1S/C20H27ClN4O/c1-20(2)17(14-7-9-26-18(14)20)25-19(22-3)23-8-6-12-11-24-16-5-4-13(21)10-15(12)16/h4-5,10-11,14,17-18,24H,6-9H2,1-3H3,(H2,22,23,25). The predicted molar refractivity (Wildman–Crippen MR) is 107 cm³/mol. The fourth-order valence-electron chi connectivity index (χ4n) is 4.63. The number of rotatable bonds is 4. The molecule has 0 radical (unpaired) electrons. The maximum Gasteiger partial charge on any atom is 0.191 e. The largest absolute Gasteiger partial charge is 0.377 e. The molecular formula is C20H27ClN4O.